The van der Waals surface area contributed by atoms with E-state index in [1.165, 1.54) is 7.11 Å². The number of para-hydroxylation sites is 1. The number of benzene rings is 2. The van der Waals surface area contributed by atoms with E-state index in [-0.39, 0.29) is 12.5 Å². The summed E-state index contributed by atoms with van der Waals surface area (Å²) in [6, 6.07) is 12.3. The van der Waals surface area contributed by atoms with Crippen molar-refractivity contribution in [2.75, 3.05) is 19.0 Å². The third-order valence-corrected chi connectivity index (χ3v) is 3.75. The number of carbonyl (C=O) groups is 2. The van der Waals surface area contributed by atoms with Crippen LogP contribution in [0.2, 0.25) is 0 Å². The zero-order valence-electron chi connectivity index (χ0n) is 13.5. The van der Waals surface area contributed by atoms with Crippen molar-refractivity contribution < 1.29 is 19.1 Å². The summed E-state index contributed by atoms with van der Waals surface area (Å²) >= 11 is 0. The van der Waals surface area contributed by atoms with Crippen LogP contribution >= 0.6 is 0 Å². The fraction of sp³-hybridized carbons (Fsp3) is 0.100. The fourth-order valence-corrected chi connectivity index (χ4v) is 2.59. The van der Waals surface area contributed by atoms with Crippen LogP contribution in [-0.2, 0) is 9.53 Å². The summed E-state index contributed by atoms with van der Waals surface area (Å²) in [7, 11) is 1.31. The van der Waals surface area contributed by atoms with Crippen LogP contribution in [0.3, 0.4) is 0 Å². The lowest BCUT2D eigenvalue weighted by Crippen LogP contribution is -2.04. The highest BCUT2D eigenvalue weighted by Crippen LogP contribution is 2.35. The van der Waals surface area contributed by atoms with Gasteiger partial charge in [0.15, 0.2) is 0 Å². The molecular weight excluding hydrogens is 318 g/mol. The number of amides is 1. The van der Waals surface area contributed by atoms with Gasteiger partial charge in [0, 0.05) is 22.4 Å². The molecule has 0 aromatic heterocycles. The number of hydrogen-bond acceptors (Lipinski definition) is 4. The van der Waals surface area contributed by atoms with Gasteiger partial charge in [0.05, 0.1) is 12.7 Å². The summed E-state index contributed by atoms with van der Waals surface area (Å²) in [5.74, 6) is 2.31. The first-order valence-electron chi connectivity index (χ1n) is 7.55. The van der Waals surface area contributed by atoms with Crippen LogP contribution in [0.5, 0.6) is 5.75 Å². The van der Waals surface area contributed by atoms with Gasteiger partial charge in [-0.1, -0.05) is 30.2 Å². The lowest BCUT2D eigenvalue weighted by atomic mass is 10.0. The van der Waals surface area contributed by atoms with Crippen molar-refractivity contribution in [2.45, 2.75) is 0 Å². The number of fused-ring (bicyclic) bond motifs is 1. The molecule has 0 unspecified atom stereocenters. The zero-order chi connectivity index (χ0) is 17.8. The molecule has 25 heavy (non-hydrogen) atoms. The van der Waals surface area contributed by atoms with Crippen molar-refractivity contribution >= 4 is 29.2 Å². The third kappa shape index (κ3) is 3.24. The first-order chi connectivity index (χ1) is 12.1. The van der Waals surface area contributed by atoms with Gasteiger partial charge >= 0.3 is 5.97 Å². The summed E-state index contributed by atoms with van der Waals surface area (Å²) in [5, 5.41) is 2.76. The Hall–Kier alpha value is -3.52. The largest absolute Gasteiger partial charge is 0.480 e. The Morgan fingerprint density at radius 2 is 2.08 bits per heavy atom. The standard InChI is InChI=1S/C20H15NO4/c1-3-10-25-18-7-5-4-6-13(18)11-16-15-9-8-14(20(23)24-2)12-17(15)21-19(16)22/h1,4-9,11-12H,10H2,2H3,(H,21,22)/b16-11+. The van der Waals surface area contributed by atoms with Crippen molar-refractivity contribution in [1.82, 2.24) is 0 Å². The van der Waals surface area contributed by atoms with Gasteiger partial charge in [0.25, 0.3) is 5.91 Å². The van der Waals surface area contributed by atoms with Crippen molar-refractivity contribution in [3.63, 3.8) is 0 Å². The summed E-state index contributed by atoms with van der Waals surface area (Å²) in [5.41, 5.74) is 2.89. The molecule has 0 spiro atoms. The number of anilines is 1. The molecule has 5 nitrogen and oxygen atoms in total. The smallest absolute Gasteiger partial charge is 0.337 e. The summed E-state index contributed by atoms with van der Waals surface area (Å²) in [6.07, 6.45) is 6.97. The first kappa shape index (κ1) is 16.3. The van der Waals surface area contributed by atoms with Gasteiger partial charge in [0.1, 0.15) is 12.4 Å². The zero-order valence-corrected chi connectivity index (χ0v) is 13.5. The molecule has 1 aliphatic heterocycles. The molecule has 0 saturated heterocycles. The Bertz CT molecular complexity index is 922. The summed E-state index contributed by atoms with van der Waals surface area (Å²) in [6.45, 7) is 0.144. The molecule has 2 aromatic carbocycles. The Morgan fingerprint density at radius 1 is 1.28 bits per heavy atom. The quantitative estimate of drug-likeness (QED) is 0.531. The average molecular weight is 333 g/mol. The predicted molar refractivity (Wildman–Crippen MR) is 95.1 cm³/mol. The Kier molecular flexibility index (Phi) is 4.53. The lowest BCUT2D eigenvalue weighted by Gasteiger charge is -2.07. The van der Waals surface area contributed by atoms with E-state index in [1.54, 1.807) is 30.3 Å². The topological polar surface area (TPSA) is 64.6 Å². The number of terminal acetylenes is 1. The summed E-state index contributed by atoms with van der Waals surface area (Å²) < 4.78 is 10.2. The van der Waals surface area contributed by atoms with E-state index < -0.39 is 5.97 Å². The normalized spacial score (nSPS) is 13.8. The molecule has 0 fully saturated rings. The van der Waals surface area contributed by atoms with Gasteiger partial charge in [-0.15, -0.1) is 6.42 Å². The van der Waals surface area contributed by atoms with Crippen LogP contribution < -0.4 is 10.1 Å². The Labute approximate surface area is 145 Å². The highest BCUT2D eigenvalue weighted by atomic mass is 16.5. The molecule has 0 atom stereocenters. The van der Waals surface area contributed by atoms with Crippen LogP contribution in [0.4, 0.5) is 5.69 Å². The molecule has 0 saturated carbocycles. The van der Waals surface area contributed by atoms with Crippen LogP contribution in [0, 0.1) is 12.3 Å². The van der Waals surface area contributed by atoms with Gasteiger partial charge in [-0.2, -0.15) is 0 Å². The van der Waals surface area contributed by atoms with Gasteiger partial charge < -0.3 is 14.8 Å². The fourth-order valence-electron chi connectivity index (χ4n) is 2.59. The second-order valence-corrected chi connectivity index (χ2v) is 5.29. The number of rotatable bonds is 4. The summed E-state index contributed by atoms with van der Waals surface area (Å²) in [4.78, 5) is 24.0. The van der Waals surface area contributed by atoms with Crippen LogP contribution in [-0.4, -0.2) is 25.6 Å². The van der Waals surface area contributed by atoms with E-state index in [9.17, 15) is 9.59 Å². The second-order valence-electron chi connectivity index (χ2n) is 5.29. The van der Waals surface area contributed by atoms with E-state index in [0.717, 1.165) is 5.56 Å². The van der Waals surface area contributed by atoms with Crippen molar-refractivity contribution in [3.8, 4) is 18.1 Å². The highest BCUT2D eigenvalue weighted by Gasteiger charge is 2.25. The van der Waals surface area contributed by atoms with Gasteiger partial charge in [-0.3, -0.25) is 4.79 Å². The van der Waals surface area contributed by atoms with Crippen LogP contribution in [0.15, 0.2) is 42.5 Å². The Balaban J connectivity index is 2.01. The van der Waals surface area contributed by atoms with Crippen molar-refractivity contribution in [2.24, 2.45) is 0 Å². The van der Waals surface area contributed by atoms with Crippen molar-refractivity contribution in [3.05, 3.63) is 59.2 Å². The number of nitrogens with one attached hydrogen (secondary N) is 1. The van der Waals surface area contributed by atoms with Gasteiger partial charge in [0.2, 0.25) is 0 Å². The lowest BCUT2D eigenvalue weighted by molar-refractivity contribution is -0.110. The molecule has 5 heteroatoms. The first-order valence-corrected chi connectivity index (χ1v) is 7.55. The van der Waals surface area contributed by atoms with Crippen molar-refractivity contribution in [1.29, 1.82) is 0 Å². The van der Waals surface area contributed by atoms with Crippen LogP contribution in [0.1, 0.15) is 21.5 Å². The molecule has 0 aliphatic carbocycles. The van der Waals surface area contributed by atoms with E-state index in [1.807, 2.05) is 18.2 Å². The van der Waals surface area contributed by atoms with E-state index >= 15 is 0 Å². The van der Waals surface area contributed by atoms with E-state index in [4.69, 9.17) is 15.9 Å². The maximum absolute atomic E-state index is 12.3. The maximum atomic E-state index is 12.3. The molecule has 0 radical (unpaired) electrons. The maximum Gasteiger partial charge on any atom is 0.337 e. The minimum Gasteiger partial charge on any atom is -0.480 e. The molecule has 1 heterocycles. The number of carbonyl (C=O) groups excluding carboxylic acids is 2. The van der Waals surface area contributed by atoms with Crippen LogP contribution in [0.25, 0.3) is 11.6 Å². The number of ether oxygens (including phenoxy) is 2. The predicted octanol–water partition coefficient (Wildman–Crippen LogP) is 2.98. The molecule has 3 rings (SSSR count). The number of methoxy groups -OCH3 is 1. The monoisotopic (exact) mass is 333 g/mol. The Morgan fingerprint density at radius 3 is 2.84 bits per heavy atom. The molecule has 1 amide bonds. The number of esters is 1. The molecule has 2 aromatic rings. The molecule has 1 aliphatic rings. The SMILES string of the molecule is C#CCOc1ccccc1/C=C1/C(=O)Nc2cc(C(=O)OC)ccc21. The third-order valence-electron chi connectivity index (χ3n) is 3.75. The van der Waals surface area contributed by atoms with Gasteiger partial charge in [-0.05, 0) is 24.3 Å². The molecule has 0 bridgehead atoms. The molecule has 124 valence electrons. The second kappa shape index (κ2) is 6.93. The van der Waals surface area contributed by atoms with E-state index in [0.29, 0.717) is 28.1 Å². The molecule has 1 N–H and O–H groups in total. The van der Waals surface area contributed by atoms with Gasteiger partial charge in [-0.25, -0.2) is 4.79 Å². The highest BCUT2D eigenvalue weighted by molar-refractivity contribution is 6.35. The van der Waals surface area contributed by atoms with E-state index in [2.05, 4.69) is 11.2 Å². The molecular formula is C20H15NO4. The minimum atomic E-state index is -0.456. The number of hydrogen-bond donors (Lipinski definition) is 1. The average Bonchev–Trinajstić information content (AvgIpc) is 2.95. The minimum absolute atomic E-state index is 0.144.